The van der Waals surface area contributed by atoms with Gasteiger partial charge in [-0.1, -0.05) is 71.9 Å². The zero-order valence-electron chi connectivity index (χ0n) is 15.1. The van der Waals surface area contributed by atoms with Crippen LogP contribution in [0.25, 0.3) is 0 Å². The first kappa shape index (κ1) is 17.8. The van der Waals surface area contributed by atoms with Crippen molar-refractivity contribution in [3.63, 3.8) is 0 Å². The molecule has 0 radical (unpaired) electrons. The van der Waals surface area contributed by atoms with Crippen molar-refractivity contribution in [2.24, 2.45) is 0 Å². The first-order chi connectivity index (χ1) is 10.3. The molecule has 3 heteroatoms. The molecular weight excluding hydrogens is 303 g/mol. The van der Waals surface area contributed by atoms with E-state index in [1.54, 1.807) is 0 Å². The van der Waals surface area contributed by atoms with E-state index in [0.29, 0.717) is 5.28 Å². The van der Waals surface area contributed by atoms with Crippen LogP contribution in [0.5, 0.6) is 0 Å². The van der Waals surface area contributed by atoms with Crippen molar-refractivity contribution in [1.82, 2.24) is 0 Å². The number of allylic oxidation sites excluding steroid dienone is 2. The summed E-state index contributed by atoms with van der Waals surface area (Å²) in [4.78, 5) is 0. The number of rotatable bonds is 5. The second-order valence-corrected chi connectivity index (χ2v) is 15.9. The Morgan fingerprint density at radius 1 is 0.909 bits per heavy atom. The number of hydrogen-bond donors (Lipinski definition) is 0. The highest BCUT2D eigenvalue weighted by atomic mass is 31.1. The average molecular weight is 335 g/mol. The summed E-state index contributed by atoms with van der Waals surface area (Å²) < 4.78 is 6.38. The number of hydrogen-bond acceptors (Lipinski definition) is 1. The average Bonchev–Trinajstić information content (AvgIpc) is 2.81. The van der Waals surface area contributed by atoms with E-state index >= 15 is 0 Å². The summed E-state index contributed by atoms with van der Waals surface area (Å²) in [5.74, 6) is 1.14. The van der Waals surface area contributed by atoms with Gasteiger partial charge in [-0.2, -0.15) is 0 Å². The Hall–Kier alpha value is -0.593. The van der Waals surface area contributed by atoms with Gasteiger partial charge in [-0.3, -0.25) is 0 Å². The summed E-state index contributed by atoms with van der Waals surface area (Å²) in [7, 11) is -2.11. The molecule has 0 amide bonds. The van der Waals surface area contributed by atoms with Gasteiger partial charge in [0.25, 0.3) is 0 Å². The summed E-state index contributed by atoms with van der Waals surface area (Å²) in [6, 6.07) is 10.9. The largest absolute Gasteiger partial charge is 0.474 e. The zero-order chi connectivity index (χ0) is 16.5. The summed E-state index contributed by atoms with van der Waals surface area (Å²) in [5, 5.41) is 2.03. The van der Waals surface area contributed by atoms with Crippen LogP contribution in [0.2, 0.25) is 16.6 Å². The van der Waals surface area contributed by atoms with Gasteiger partial charge in [-0.25, -0.2) is 0 Å². The first-order valence-electron chi connectivity index (χ1n) is 8.52. The molecule has 2 atom stereocenters. The predicted octanol–water partition coefficient (Wildman–Crippen LogP) is 6.23. The molecule has 2 rings (SSSR count). The molecule has 0 saturated heterocycles. The van der Waals surface area contributed by atoms with E-state index in [1.165, 1.54) is 5.30 Å². The van der Waals surface area contributed by atoms with Gasteiger partial charge >= 0.3 is 0 Å². The van der Waals surface area contributed by atoms with Gasteiger partial charge in [0.15, 0.2) is 0 Å². The minimum atomic E-state index is -1.55. The number of benzene rings is 1. The van der Waals surface area contributed by atoms with E-state index < -0.39 is 16.2 Å². The molecule has 22 heavy (non-hydrogen) atoms. The Kier molecular flexibility index (Phi) is 5.56. The molecule has 1 aliphatic rings. The van der Waals surface area contributed by atoms with Crippen molar-refractivity contribution >= 4 is 21.5 Å². The lowest BCUT2D eigenvalue weighted by molar-refractivity contribution is 0.494. The molecule has 0 spiro atoms. The van der Waals surface area contributed by atoms with Crippen LogP contribution < -0.4 is 5.30 Å². The Morgan fingerprint density at radius 3 is 1.86 bits per heavy atom. The standard InChI is InChI=1S/C19H31OPSi/c1-14(2)22(15(3)4,16(5)6)19-13-17(7)20-21(19)18-11-9-8-10-12-18/h8-16,19H,1-7H3. The molecule has 122 valence electrons. The smallest absolute Gasteiger partial charge is 0.122 e. The van der Waals surface area contributed by atoms with Crippen LogP contribution in [0.4, 0.5) is 0 Å². The van der Waals surface area contributed by atoms with Crippen LogP contribution in [-0.4, -0.2) is 13.4 Å². The molecule has 0 fully saturated rings. The molecule has 1 heterocycles. The van der Waals surface area contributed by atoms with E-state index in [4.69, 9.17) is 4.52 Å². The Bertz CT molecular complexity index is 500. The highest BCUT2D eigenvalue weighted by molar-refractivity contribution is 7.65. The van der Waals surface area contributed by atoms with E-state index in [-0.39, 0.29) is 0 Å². The van der Waals surface area contributed by atoms with Crippen molar-refractivity contribution in [1.29, 1.82) is 0 Å². The fourth-order valence-corrected chi connectivity index (χ4v) is 17.9. The fraction of sp³-hybridized carbons (Fsp3) is 0.579. The van der Waals surface area contributed by atoms with Crippen LogP contribution in [0, 0.1) is 0 Å². The minimum Gasteiger partial charge on any atom is -0.474 e. The lowest BCUT2D eigenvalue weighted by atomic mass is 10.4. The quantitative estimate of drug-likeness (QED) is 0.458. The van der Waals surface area contributed by atoms with Gasteiger partial charge in [0.2, 0.25) is 0 Å². The molecule has 0 saturated carbocycles. The second kappa shape index (κ2) is 6.89. The third-order valence-electron chi connectivity index (χ3n) is 5.41. The van der Waals surface area contributed by atoms with Crippen molar-refractivity contribution < 1.29 is 4.52 Å². The third-order valence-corrected chi connectivity index (χ3v) is 16.6. The molecule has 0 N–H and O–H groups in total. The van der Waals surface area contributed by atoms with Crippen molar-refractivity contribution in [3.8, 4) is 0 Å². The maximum Gasteiger partial charge on any atom is 0.122 e. The molecule has 0 aromatic heterocycles. The molecule has 1 aromatic carbocycles. The normalized spacial score (nSPS) is 22.4. The van der Waals surface area contributed by atoms with Crippen LogP contribution in [0.15, 0.2) is 42.2 Å². The molecule has 0 aliphatic carbocycles. The van der Waals surface area contributed by atoms with Crippen LogP contribution in [0.1, 0.15) is 48.5 Å². The fourth-order valence-electron chi connectivity index (χ4n) is 4.69. The van der Waals surface area contributed by atoms with E-state index in [1.807, 2.05) is 0 Å². The molecule has 1 aromatic rings. The summed E-state index contributed by atoms with van der Waals surface area (Å²) in [6.07, 6.45) is 2.48. The summed E-state index contributed by atoms with van der Waals surface area (Å²) >= 11 is 0. The maximum absolute atomic E-state index is 6.38. The van der Waals surface area contributed by atoms with Gasteiger partial charge in [-0.05, 0) is 29.6 Å². The molecule has 2 unspecified atom stereocenters. The van der Waals surface area contributed by atoms with Crippen molar-refractivity contribution in [2.75, 3.05) is 0 Å². The lowest BCUT2D eigenvalue weighted by Gasteiger charge is -2.48. The first-order valence-corrected chi connectivity index (χ1v) is 12.2. The highest BCUT2D eigenvalue weighted by Gasteiger charge is 2.53. The zero-order valence-corrected chi connectivity index (χ0v) is 17.0. The molecule has 1 nitrogen and oxygen atoms in total. The molecule has 1 aliphatic heterocycles. The Morgan fingerprint density at radius 2 is 1.41 bits per heavy atom. The second-order valence-electron chi connectivity index (χ2n) is 7.44. The van der Waals surface area contributed by atoms with E-state index in [9.17, 15) is 0 Å². The Labute approximate surface area is 139 Å². The van der Waals surface area contributed by atoms with Crippen LogP contribution in [0.3, 0.4) is 0 Å². The van der Waals surface area contributed by atoms with Gasteiger partial charge in [0.05, 0.1) is 13.8 Å². The SMILES string of the molecule is CC1=CC([Si](C(C)C)(C(C)C)C(C)C)P(c2ccccc2)O1. The predicted molar refractivity (Wildman–Crippen MR) is 103 cm³/mol. The highest BCUT2D eigenvalue weighted by Crippen LogP contribution is 2.60. The van der Waals surface area contributed by atoms with Crippen molar-refractivity contribution in [3.05, 3.63) is 42.2 Å². The molecule has 0 bridgehead atoms. The van der Waals surface area contributed by atoms with Gasteiger partial charge in [0.1, 0.15) is 8.15 Å². The van der Waals surface area contributed by atoms with Crippen molar-refractivity contribution in [2.45, 2.75) is 70.4 Å². The Balaban J connectivity index is 2.53. The van der Waals surface area contributed by atoms with E-state index in [0.717, 1.165) is 22.4 Å². The van der Waals surface area contributed by atoms with Gasteiger partial charge in [-0.15, -0.1) is 0 Å². The topological polar surface area (TPSA) is 9.23 Å². The maximum atomic E-state index is 6.38. The third kappa shape index (κ3) is 2.93. The lowest BCUT2D eigenvalue weighted by Crippen LogP contribution is -2.53. The monoisotopic (exact) mass is 334 g/mol. The van der Waals surface area contributed by atoms with E-state index in [2.05, 4.69) is 84.9 Å². The summed E-state index contributed by atoms with van der Waals surface area (Å²) in [6.45, 7) is 16.8. The van der Waals surface area contributed by atoms with Crippen LogP contribution in [-0.2, 0) is 4.52 Å². The van der Waals surface area contributed by atoms with Gasteiger partial charge in [0, 0.05) is 10.6 Å². The van der Waals surface area contributed by atoms with Gasteiger partial charge < -0.3 is 4.52 Å². The summed E-state index contributed by atoms with van der Waals surface area (Å²) in [5.41, 5.74) is 2.28. The minimum absolute atomic E-state index is 0.559. The van der Waals surface area contributed by atoms with Crippen LogP contribution >= 0.6 is 8.15 Å². The molecular formula is C19H31OPSi.